The molecule has 1 unspecified atom stereocenters. The van der Waals surface area contributed by atoms with Crippen molar-refractivity contribution in [2.45, 2.75) is 39.5 Å². The zero-order valence-electron chi connectivity index (χ0n) is 19.4. The van der Waals surface area contributed by atoms with E-state index in [2.05, 4.69) is 11.1 Å². The highest BCUT2D eigenvalue weighted by Gasteiger charge is 2.39. The maximum Gasteiger partial charge on any atom is 0.360 e. The molecule has 2 aliphatic heterocycles. The summed E-state index contributed by atoms with van der Waals surface area (Å²) in [5.74, 6) is 0.378. The number of nitriles is 1. The number of aromatic nitrogens is 2. The third-order valence-corrected chi connectivity index (χ3v) is 7.51. The first-order chi connectivity index (χ1) is 16.4. The van der Waals surface area contributed by atoms with E-state index >= 15 is 0 Å². The van der Waals surface area contributed by atoms with Crippen LogP contribution in [0.3, 0.4) is 0 Å². The number of ether oxygens (including phenoxy) is 2. The van der Waals surface area contributed by atoms with Gasteiger partial charge in [0, 0.05) is 31.9 Å². The van der Waals surface area contributed by atoms with Gasteiger partial charge >= 0.3 is 5.97 Å². The van der Waals surface area contributed by atoms with E-state index in [0.29, 0.717) is 64.7 Å². The molecule has 0 bridgehead atoms. The van der Waals surface area contributed by atoms with Crippen LogP contribution in [0.15, 0.2) is 18.2 Å². The SMILES string of the molecule is CCOC(=O)c1nc(-c2cccc(Cl)c2Cl)c(C)nc1N1CCC(C#N)(CC2CCOC2)CC1. The summed E-state index contributed by atoms with van der Waals surface area (Å²) in [6.07, 6.45) is 3.26. The minimum absolute atomic E-state index is 0.146. The maximum absolute atomic E-state index is 12.9. The van der Waals surface area contributed by atoms with E-state index in [1.165, 1.54) is 0 Å². The Balaban J connectivity index is 1.65. The second-order valence-corrected chi connectivity index (χ2v) is 9.75. The number of nitrogens with zero attached hydrogens (tertiary/aromatic N) is 4. The molecular weight excluding hydrogens is 475 g/mol. The van der Waals surface area contributed by atoms with Crippen molar-refractivity contribution in [3.63, 3.8) is 0 Å². The number of esters is 1. The van der Waals surface area contributed by atoms with Crippen LogP contribution in [-0.4, -0.2) is 48.8 Å². The van der Waals surface area contributed by atoms with Crippen LogP contribution in [-0.2, 0) is 9.47 Å². The Morgan fingerprint density at radius 1 is 1.32 bits per heavy atom. The predicted octanol–water partition coefficient (Wildman–Crippen LogP) is 5.47. The van der Waals surface area contributed by atoms with E-state index in [4.69, 9.17) is 37.7 Å². The lowest BCUT2D eigenvalue weighted by molar-refractivity contribution is 0.0519. The number of anilines is 1. The molecule has 0 radical (unpaired) electrons. The number of aryl methyl sites for hydroxylation is 1. The van der Waals surface area contributed by atoms with Crippen LogP contribution in [0, 0.1) is 29.6 Å². The molecule has 3 heterocycles. The molecule has 2 fully saturated rings. The third-order valence-electron chi connectivity index (χ3n) is 6.69. The molecule has 0 saturated carbocycles. The van der Waals surface area contributed by atoms with Crippen molar-refractivity contribution in [2.75, 3.05) is 37.8 Å². The molecule has 4 rings (SSSR count). The fraction of sp³-hybridized carbons (Fsp3) is 0.520. The monoisotopic (exact) mass is 502 g/mol. The Bertz CT molecular complexity index is 1100. The van der Waals surface area contributed by atoms with Gasteiger partial charge in [-0.05, 0) is 51.5 Å². The van der Waals surface area contributed by atoms with Gasteiger partial charge in [0.2, 0.25) is 0 Å². The van der Waals surface area contributed by atoms with E-state index in [0.717, 1.165) is 26.1 Å². The van der Waals surface area contributed by atoms with E-state index in [1.54, 1.807) is 25.1 Å². The van der Waals surface area contributed by atoms with E-state index in [9.17, 15) is 10.1 Å². The average molecular weight is 503 g/mol. The summed E-state index contributed by atoms with van der Waals surface area (Å²) in [4.78, 5) is 24.4. The van der Waals surface area contributed by atoms with Crippen LogP contribution >= 0.6 is 23.2 Å². The predicted molar refractivity (Wildman–Crippen MR) is 131 cm³/mol. The molecule has 2 aromatic rings. The van der Waals surface area contributed by atoms with Crippen molar-refractivity contribution >= 4 is 35.0 Å². The van der Waals surface area contributed by atoms with Crippen LogP contribution in [0.2, 0.25) is 10.0 Å². The summed E-state index contributed by atoms with van der Waals surface area (Å²) < 4.78 is 10.8. The second-order valence-electron chi connectivity index (χ2n) is 8.96. The van der Waals surface area contributed by atoms with Crippen LogP contribution in [0.5, 0.6) is 0 Å². The van der Waals surface area contributed by atoms with Crippen molar-refractivity contribution in [2.24, 2.45) is 11.3 Å². The maximum atomic E-state index is 12.9. The summed E-state index contributed by atoms with van der Waals surface area (Å²) in [7, 11) is 0. The van der Waals surface area contributed by atoms with Gasteiger partial charge in [-0.3, -0.25) is 0 Å². The number of carbonyl (C=O) groups excluding carboxylic acids is 1. The van der Waals surface area contributed by atoms with E-state index < -0.39 is 5.97 Å². The first-order valence-corrected chi connectivity index (χ1v) is 12.4. The highest BCUT2D eigenvalue weighted by molar-refractivity contribution is 6.43. The first kappa shape index (κ1) is 24.7. The summed E-state index contributed by atoms with van der Waals surface area (Å²) in [6, 6.07) is 7.87. The highest BCUT2D eigenvalue weighted by atomic mass is 35.5. The quantitative estimate of drug-likeness (QED) is 0.483. The normalized spacial score (nSPS) is 19.6. The van der Waals surface area contributed by atoms with Crippen molar-refractivity contribution in [1.82, 2.24) is 9.97 Å². The Morgan fingerprint density at radius 3 is 2.74 bits per heavy atom. The number of hydrogen-bond acceptors (Lipinski definition) is 7. The molecule has 34 heavy (non-hydrogen) atoms. The van der Waals surface area contributed by atoms with Gasteiger partial charge in [-0.15, -0.1) is 0 Å². The average Bonchev–Trinajstić information content (AvgIpc) is 3.34. The fourth-order valence-corrected chi connectivity index (χ4v) is 5.20. The van der Waals surface area contributed by atoms with Gasteiger partial charge in [0.25, 0.3) is 0 Å². The Morgan fingerprint density at radius 2 is 2.09 bits per heavy atom. The summed E-state index contributed by atoms with van der Waals surface area (Å²) in [6.45, 7) is 6.54. The van der Waals surface area contributed by atoms with Gasteiger partial charge in [0.05, 0.1) is 39.5 Å². The Kier molecular flexibility index (Phi) is 7.61. The van der Waals surface area contributed by atoms with Crippen LogP contribution in [0.25, 0.3) is 11.3 Å². The largest absolute Gasteiger partial charge is 0.461 e. The molecule has 2 saturated heterocycles. The van der Waals surface area contributed by atoms with Crippen molar-refractivity contribution in [3.8, 4) is 17.3 Å². The second kappa shape index (κ2) is 10.5. The zero-order chi connectivity index (χ0) is 24.3. The van der Waals surface area contributed by atoms with Crippen LogP contribution in [0.4, 0.5) is 5.82 Å². The van der Waals surface area contributed by atoms with E-state index in [1.807, 2.05) is 11.8 Å². The molecular formula is C25H28Cl2N4O3. The molecule has 1 aromatic heterocycles. The molecule has 0 spiro atoms. The number of rotatable bonds is 6. The van der Waals surface area contributed by atoms with Gasteiger partial charge in [0.1, 0.15) is 0 Å². The number of hydrogen-bond donors (Lipinski definition) is 0. The third kappa shape index (κ3) is 5.00. The number of benzene rings is 1. The molecule has 9 heteroatoms. The summed E-state index contributed by atoms with van der Waals surface area (Å²) in [5.41, 5.74) is 1.50. The zero-order valence-corrected chi connectivity index (χ0v) is 21.0. The highest BCUT2D eigenvalue weighted by Crippen LogP contribution is 2.41. The smallest absolute Gasteiger partial charge is 0.360 e. The van der Waals surface area contributed by atoms with Gasteiger partial charge in [0.15, 0.2) is 11.5 Å². The molecule has 2 aliphatic rings. The van der Waals surface area contributed by atoms with E-state index in [-0.39, 0.29) is 17.7 Å². The number of piperidine rings is 1. The number of halogens is 2. The fourth-order valence-electron chi connectivity index (χ4n) is 4.81. The Hall–Kier alpha value is -2.40. The van der Waals surface area contributed by atoms with Crippen LogP contribution in [0.1, 0.15) is 48.8 Å². The standard InChI is InChI=1S/C25H28Cl2N4O3/c1-3-34-24(32)22-23(29-16(2)21(30-22)18-5-4-6-19(26)20(18)27)31-10-8-25(15-28,9-11-31)13-17-7-12-33-14-17/h4-6,17H,3,7-14H2,1-2H3. The lowest BCUT2D eigenvalue weighted by Crippen LogP contribution is -2.41. The first-order valence-electron chi connectivity index (χ1n) is 11.6. The molecule has 0 amide bonds. The van der Waals surface area contributed by atoms with Crippen molar-refractivity contribution in [3.05, 3.63) is 39.6 Å². The minimum Gasteiger partial charge on any atom is -0.461 e. The molecule has 1 atom stereocenters. The van der Waals surface area contributed by atoms with Crippen molar-refractivity contribution < 1.29 is 14.3 Å². The van der Waals surface area contributed by atoms with Gasteiger partial charge in [-0.2, -0.15) is 5.26 Å². The van der Waals surface area contributed by atoms with Crippen LogP contribution < -0.4 is 4.90 Å². The molecule has 0 N–H and O–H groups in total. The lowest BCUT2D eigenvalue weighted by Gasteiger charge is -2.39. The molecule has 180 valence electrons. The number of carbonyl (C=O) groups is 1. The Labute approximate surface area is 210 Å². The molecule has 0 aliphatic carbocycles. The topological polar surface area (TPSA) is 88.3 Å². The molecule has 1 aromatic carbocycles. The summed E-state index contributed by atoms with van der Waals surface area (Å²) >= 11 is 12.6. The van der Waals surface area contributed by atoms with Crippen molar-refractivity contribution in [1.29, 1.82) is 5.26 Å². The van der Waals surface area contributed by atoms with Gasteiger partial charge in [-0.1, -0.05) is 35.3 Å². The minimum atomic E-state index is -0.537. The van der Waals surface area contributed by atoms with Gasteiger partial charge in [-0.25, -0.2) is 14.8 Å². The lowest BCUT2D eigenvalue weighted by atomic mass is 9.73. The van der Waals surface area contributed by atoms with Gasteiger partial charge < -0.3 is 14.4 Å². The molecule has 7 nitrogen and oxygen atoms in total. The summed E-state index contributed by atoms with van der Waals surface area (Å²) in [5, 5.41) is 10.8.